The van der Waals surface area contributed by atoms with E-state index in [2.05, 4.69) is 10.0 Å². The van der Waals surface area contributed by atoms with E-state index in [0.717, 1.165) is 25.7 Å². The van der Waals surface area contributed by atoms with Crippen molar-refractivity contribution in [2.24, 2.45) is 0 Å². The summed E-state index contributed by atoms with van der Waals surface area (Å²) in [4.78, 5) is 13.0. The van der Waals surface area contributed by atoms with Gasteiger partial charge in [0.25, 0.3) is 15.9 Å². The van der Waals surface area contributed by atoms with E-state index in [1.165, 1.54) is 18.2 Å². The van der Waals surface area contributed by atoms with Crippen molar-refractivity contribution in [1.82, 2.24) is 0 Å². The molecule has 0 spiro atoms. The first kappa shape index (κ1) is 23.0. The second-order valence-corrected chi connectivity index (χ2v) is 10.1. The molecule has 8 nitrogen and oxygen atoms in total. The van der Waals surface area contributed by atoms with Crippen molar-refractivity contribution >= 4 is 27.3 Å². The number of benzene rings is 3. The summed E-state index contributed by atoms with van der Waals surface area (Å²) < 4.78 is 45.5. The maximum Gasteiger partial charge on any atom is 0.262 e. The van der Waals surface area contributed by atoms with Gasteiger partial charge in [0.2, 0.25) is 0 Å². The van der Waals surface area contributed by atoms with Crippen molar-refractivity contribution in [3.8, 4) is 17.2 Å². The molecule has 0 unspecified atom stereocenters. The number of para-hydroxylation sites is 2. The van der Waals surface area contributed by atoms with Crippen molar-refractivity contribution in [3.63, 3.8) is 0 Å². The molecule has 3 aromatic carbocycles. The molecule has 3 aromatic rings. The molecule has 2 aliphatic rings. The number of carbonyl (C=O) groups is 1. The second-order valence-electron chi connectivity index (χ2n) is 8.47. The summed E-state index contributed by atoms with van der Waals surface area (Å²) in [6.45, 7) is 0.777. The third-order valence-electron chi connectivity index (χ3n) is 5.93. The number of hydrogen-bond donors (Lipinski definition) is 2. The summed E-state index contributed by atoms with van der Waals surface area (Å²) in [5.74, 6) is 1.15. The van der Waals surface area contributed by atoms with Crippen LogP contribution in [0, 0.1) is 0 Å². The number of carbonyl (C=O) groups excluding carboxylic acids is 1. The monoisotopic (exact) mass is 494 g/mol. The molecule has 1 saturated carbocycles. The van der Waals surface area contributed by atoms with E-state index in [4.69, 9.17) is 14.2 Å². The number of hydrogen-bond acceptors (Lipinski definition) is 6. The van der Waals surface area contributed by atoms with E-state index >= 15 is 0 Å². The molecular weight excluding hydrogens is 468 g/mol. The van der Waals surface area contributed by atoms with Gasteiger partial charge in [0, 0.05) is 17.3 Å². The van der Waals surface area contributed by atoms with E-state index in [0.29, 0.717) is 41.7 Å². The van der Waals surface area contributed by atoms with Crippen LogP contribution in [0.15, 0.2) is 71.6 Å². The van der Waals surface area contributed by atoms with Gasteiger partial charge in [0.1, 0.15) is 19.0 Å². The summed E-state index contributed by atoms with van der Waals surface area (Å²) in [5, 5.41) is 2.89. The van der Waals surface area contributed by atoms with E-state index in [1.54, 1.807) is 30.3 Å². The van der Waals surface area contributed by atoms with E-state index in [9.17, 15) is 13.2 Å². The molecule has 1 fully saturated rings. The minimum absolute atomic E-state index is 0.0367. The highest BCUT2D eigenvalue weighted by atomic mass is 32.2. The first-order chi connectivity index (χ1) is 17.0. The molecule has 1 amide bonds. The summed E-state index contributed by atoms with van der Waals surface area (Å²) in [6, 6.07) is 18.1. The van der Waals surface area contributed by atoms with Gasteiger partial charge in [-0.15, -0.1) is 0 Å². The molecule has 5 rings (SSSR count). The third-order valence-corrected chi connectivity index (χ3v) is 7.31. The molecule has 35 heavy (non-hydrogen) atoms. The van der Waals surface area contributed by atoms with Crippen LogP contribution in [0.5, 0.6) is 17.2 Å². The smallest absolute Gasteiger partial charge is 0.262 e. The van der Waals surface area contributed by atoms with Crippen molar-refractivity contribution in [2.45, 2.75) is 36.7 Å². The fourth-order valence-electron chi connectivity index (χ4n) is 4.18. The van der Waals surface area contributed by atoms with Crippen molar-refractivity contribution in [2.75, 3.05) is 23.3 Å². The molecule has 2 N–H and O–H groups in total. The Morgan fingerprint density at radius 1 is 0.886 bits per heavy atom. The molecule has 0 saturated heterocycles. The van der Waals surface area contributed by atoms with Gasteiger partial charge in [-0.3, -0.25) is 9.52 Å². The second kappa shape index (κ2) is 9.87. The van der Waals surface area contributed by atoms with Crippen LogP contribution in [0.4, 0.5) is 11.4 Å². The lowest BCUT2D eigenvalue weighted by atomic mass is 10.2. The fourth-order valence-corrected chi connectivity index (χ4v) is 5.25. The Kier molecular flexibility index (Phi) is 6.50. The predicted molar refractivity (Wildman–Crippen MR) is 132 cm³/mol. The van der Waals surface area contributed by atoms with Crippen molar-refractivity contribution in [3.05, 3.63) is 72.3 Å². The van der Waals surface area contributed by atoms with Gasteiger partial charge in [-0.1, -0.05) is 18.2 Å². The third kappa shape index (κ3) is 5.35. The maximum atomic E-state index is 13.0. The standard InChI is InChI=1S/C26H26N2O6S/c29-26(27-22-10-3-4-11-23(22)34-20-8-1-2-9-20)18-6-5-7-19(16-18)28-35(30,31)21-12-13-24-25(17-21)33-15-14-32-24/h3-7,10-13,16-17,20,28H,1-2,8-9,14-15H2,(H,27,29). The Hall–Kier alpha value is -3.72. The predicted octanol–water partition coefficient (Wildman–Crippen LogP) is 4.83. The number of fused-ring (bicyclic) bond motifs is 1. The van der Waals surface area contributed by atoms with Gasteiger partial charge in [-0.05, 0) is 68.1 Å². The lowest BCUT2D eigenvalue weighted by Crippen LogP contribution is -2.18. The maximum absolute atomic E-state index is 13.0. The SMILES string of the molecule is O=C(Nc1ccccc1OC1CCCC1)c1cccc(NS(=O)(=O)c2ccc3c(c2)OCCO3)c1. The lowest BCUT2D eigenvalue weighted by Gasteiger charge is -2.19. The molecular formula is C26H26N2O6S. The zero-order chi connectivity index (χ0) is 24.3. The van der Waals surface area contributed by atoms with Crippen LogP contribution < -0.4 is 24.2 Å². The highest BCUT2D eigenvalue weighted by Crippen LogP contribution is 2.33. The number of nitrogens with one attached hydrogen (secondary N) is 2. The van der Waals surface area contributed by atoms with Crippen LogP contribution >= 0.6 is 0 Å². The van der Waals surface area contributed by atoms with Crippen molar-refractivity contribution in [1.29, 1.82) is 0 Å². The Balaban J connectivity index is 1.31. The Labute approximate surface area is 204 Å². The zero-order valence-corrected chi connectivity index (χ0v) is 19.8. The normalized spacial score (nSPS) is 15.4. The first-order valence-electron chi connectivity index (χ1n) is 11.6. The largest absolute Gasteiger partial charge is 0.488 e. The minimum atomic E-state index is -3.91. The summed E-state index contributed by atoms with van der Waals surface area (Å²) in [6.07, 6.45) is 4.47. The topological polar surface area (TPSA) is 103 Å². The van der Waals surface area contributed by atoms with Gasteiger partial charge in [0.05, 0.1) is 16.7 Å². The van der Waals surface area contributed by atoms with E-state index in [1.807, 2.05) is 18.2 Å². The number of rotatable bonds is 7. The zero-order valence-electron chi connectivity index (χ0n) is 19.0. The molecule has 0 radical (unpaired) electrons. The van der Waals surface area contributed by atoms with Gasteiger partial charge in [-0.25, -0.2) is 8.42 Å². The fraction of sp³-hybridized carbons (Fsp3) is 0.269. The molecule has 182 valence electrons. The molecule has 1 aliphatic carbocycles. The summed E-state index contributed by atoms with van der Waals surface area (Å²) in [5.41, 5.74) is 1.15. The number of ether oxygens (including phenoxy) is 3. The molecule has 0 bridgehead atoms. The number of anilines is 2. The van der Waals surface area contributed by atoms with Crippen LogP contribution in [0.25, 0.3) is 0 Å². The highest BCUT2D eigenvalue weighted by Gasteiger charge is 2.21. The van der Waals surface area contributed by atoms with Crippen LogP contribution in [-0.4, -0.2) is 33.6 Å². The lowest BCUT2D eigenvalue weighted by molar-refractivity contribution is 0.102. The summed E-state index contributed by atoms with van der Waals surface area (Å²) in [7, 11) is -3.91. The minimum Gasteiger partial charge on any atom is -0.488 e. The van der Waals surface area contributed by atoms with E-state index in [-0.39, 0.29) is 22.6 Å². The average Bonchev–Trinajstić information content (AvgIpc) is 3.38. The Morgan fingerprint density at radius 3 is 2.49 bits per heavy atom. The van der Waals surface area contributed by atoms with Gasteiger partial charge >= 0.3 is 0 Å². The van der Waals surface area contributed by atoms with Gasteiger partial charge in [0.15, 0.2) is 11.5 Å². The quantitative estimate of drug-likeness (QED) is 0.488. The van der Waals surface area contributed by atoms with Crippen LogP contribution in [0.2, 0.25) is 0 Å². The molecule has 1 aliphatic heterocycles. The van der Waals surface area contributed by atoms with E-state index < -0.39 is 10.0 Å². The van der Waals surface area contributed by atoms with Crippen LogP contribution in [0.3, 0.4) is 0 Å². The Bertz CT molecular complexity index is 1340. The van der Waals surface area contributed by atoms with Crippen LogP contribution in [0.1, 0.15) is 36.0 Å². The average molecular weight is 495 g/mol. The highest BCUT2D eigenvalue weighted by molar-refractivity contribution is 7.92. The number of amides is 1. The van der Waals surface area contributed by atoms with Crippen molar-refractivity contribution < 1.29 is 27.4 Å². The van der Waals surface area contributed by atoms with Gasteiger partial charge in [-0.2, -0.15) is 0 Å². The molecule has 1 heterocycles. The van der Waals surface area contributed by atoms with Gasteiger partial charge < -0.3 is 19.5 Å². The first-order valence-corrected chi connectivity index (χ1v) is 13.1. The summed E-state index contributed by atoms with van der Waals surface area (Å²) >= 11 is 0. The Morgan fingerprint density at radius 2 is 1.66 bits per heavy atom. The number of sulfonamides is 1. The molecule has 0 aromatic heterocycles. The van der Waals surface area contributed by atoms with Crippen LogP contribution in [-0.2, 0) is 10.0 Å². The molecule has 9 heteroatoms. The molecule has 0 atom stereocenters.